The second kappa shape index (κ2) is 5.35. The maximum absolute atomic E-state index is 12.4. The Morgan fingerprint density at radius 2 is 2.25 bits per heavy atom. The average Bonchev–Trinajstić information content (AvgIpc) is 3.29. The minimum atomic E-state index is -0.0262. The number of hydrogen-bond donors (Lipinski definition) is 2. The van der Waals surface area contributed by atoms with Gasteiger partial charge in [0.2, 0.25) is 0 Å². The number of nitrogens with one attached hydrogen (secondary N) is 2. The van der Waals surface area contributed by atoms with Crippen LogP contribution in [0.15, 0.2) is 16.7 Å². The number of carbonyl (C=O) groups is 1. The first kappa shape index (κ1) is 13.9. The Balaban J connectivity index is 1.68. The second-order valence-corrected chi connectivity index (χ2v) is 6.82. The number of rotatable bonds is 6. The van der Waals surface area contributed by atoms with E-state index in [-0.39, 0.29) is 5.91 Å². The van der Waals surface area contributed by atoms with Crippen LogP contribution in [0.2, 0.25) is 0 Å². The van der Waals surface area contributed by atoms with Crippen molar-refractivity contribution in [3.63, 3.8) is 0 Å². The zero-order chi connectivity index (χ0) is 14.2. The van der Waals surface area contributed by atoms with E-state index in [1.165, 1.54) is 25.7 Å². The molecule has 0 saturated heterocycles. The molecule has 2 saturated carbocycles. The first-order valence-electron chi connectivity index (χ1n) is 7.32. The lowest BCUT2D eigenvalue weighted by Crippen LogP contribution is -2.31. The van der Waals surface area contributed by atoms with E-state index in [9.17, 15) is 4.79 Å². The summed E-state index contributed by atoms with van der Waals surface area (Å²) >= 11 is 3.38. The third-order valence-corrected chi connectivity index (χ3v) is 4.81. The molecule has 108 valence electrons. The summed E-state index contributed by atoms with van der Waals surface area (Å²) in [5.74, 6) is 1.49. The Morgan fingerprint density at radius 3 is 2.85 bits per heavy atom. The highest BCUT2D eigenvalue weighted by Gasteiger charge is 2.53. The number of carbonyl (C=O) groups excluding carboxylic acids is 1. The Hall–Kier alpha value is -1.10. The molecule has 20 heavy (non-hydrogen) atoms. The SMILES string of the molecule is CCNc1ncc(Br)cc1C(=O)NCC1(C2CC2)CC1. The first-order valence-corrected chi connectivity index (χ1v) is 8.11. The number of aromatic nitrogens is 1. The molecule has 1 aromatic heterocycles. The summed E-state index contributed by atoms with van der Waals surface area (Å²) in [7, 11) is 0. The van der Waals surface area contributed by atoms with Crippen molar-refractivity contribution in [1.82, 2.24) is 10.3 Å². The molecule has 0 atom stereocenters. The Bertz CT molecular complexity index is 524. The highest BCUT2D eigenvalue weighted by Crippen LogP contribution is 2.60. The summed E-state index contributed by atoms with van der Waals surface area (Å²) in [5.41, 5.74) is 1.04. The molecule has 0 spiro atoms. The summed E-state index contributed by atoms with van der Waals surface area (Å²) in [4.78, 5) is 16.7. The van der Waals surface area contributed by atoms with Crippen molar-refractivity contribution in [2.45, 2.75) is 32.6 Å². The molecule has 2 aliphatic carbocycles. The summed E-state index contributed by atoms with van der Waals surface area (Å²) in [6.07, 6.45) is 6.94. The van der Waals surface area contributed by atoms with Gasteiger partial charge in [0.05, 0.1) is 5.56 Å². The number of amides is 1. The van der Waals surface area contributed by atoms with E-state index in [0.29, 0.717) is 16.8 Å². The summed E-state index contributed by atoms with van der Waals surface area (Å²) < 4.78 is 0.827. The van der Waals surface area contributed by atoms with Gasteiger partial charge in [0.25, 0.3) is 5.91 Å². The zero-order valence-electron chi connectivity index (χ0n) is 11.7. The van der Waals surface area contributed by atoms with E-state index in [1.54, 1.807) is 6.20 Å². The summed E-state index contributed by atoms with van der Waals surface area (Å²) in [6, 6.07) is 1.83. The molecule has 2 fully saturated rings. The molecule has 1 amide bonds. The summed E-state index contributed by atoms with van der Waals surface area (Å²) in [5, 5.41) is 6.25. The quantitative estimate of drug-likeness (QED) is 0.838. The van der Waals surface area contributed by atoms with Crippen LogP contribution in [0.4, 0.5) is 5.82 Å². The number of nitrogens with zero attached hydrogens (tertiary/aromatic N) is 1. The monoisotopic (exact) mass is 337 g/mol. The third-order valence-electron chi connectivity index (χ3n) is 4.38. The van der Waals surface area contributed by atoms with E-state index in [2.05, 4.69) is 31.5 Å². The fourth-order valence-electron chi connectivity index (χ4n) is 2.86. The van der Waals surface area contributed by atoms with Crippen LogP contribution in [0, 0.1) is 11.3 Å². The number of halogens is 1. The van der Waals surface area contributed by atoms with Crippen molar-refractivity contribution < 1.29 is 4.79 Å². The molecule has 0 radical (unpaired) electrons. The van der Waals surface area contributed by atoms with Crippen LogP contribution in [-0.2, 0) is 0 Å². The Morgan fingerprint density at radius 1 is 1.50 bits per heavy atom. The molecule has 2 N–H and O–H groups in total. The molecule has 0 unspecified atom stereocenters. The van der Waals surface area contributed by atoms with Gasteiger partial charge in [-0.05, 0) is 65.9 Å². The predicted molar refractivity (Wildman–Crippen MR) is 82.8 cm³/mol. The highest BCUT2D eigenvalue weighted by atomic mass is 79.9. The molecule has 0 bridgehead atoms. The van der Waals surface area contributed by atoms with Crippen molar-refractivity contribution >= 4 is 27.7 Å². The lowest BCUT2D eigenvalue weighted by molar-refractivity contribution is 0.0943. The standard InChI is InChI=1S/C15H20BrN3O/c1-2-17-13-12(7-11(16)8-18-13)14(20)19-9-15(5-6-15)10-3-4-10/h7-8,10H,2-6,9H2,1H3,(H,17,18)(H,19,20). The maximum atomic E-state index is 12.4. The van der Waals surface area contributed by atoms with Crippen LogP contribution in [0.1, 0.15) is 43.0 Å². The third kappa shape index (κ3) is 2.82. The summed E-state index contributed by atoms with van der Waals surface area (Å²) in [6.45, 7) is 3.56. The molecule has 1 aromatic rings. The van der Waals surface area contributed by atoms with E-state index >= 15 is 0 Å². The largest absolute Gasteiger partial charge is 0.370 e. The van der Waals surface area contributed by atoms with Crippen LogP contribution in [0.25, 0.3) is 0 Å². The topological polar surface area (TPSA) is 54.0 Å². The number of pyridine rings is 1. The molecule has 4 nitrogen and oxygen atoms in total. The van der Waals surface area contributed by atoms with Crippen LogP contribution < -0.4 is 10.6 Å². The number of anilines is 1. The van der Waals surface area contributed by atoms with Gasteiger partial charge in [0.1, 0.15) is 5.82 Å². The molecule has 3 rings (SSSR count). The Labute approximate surface area is 127 Å². The molecule has 1 heterocycles. The number of hydrogen-bond acceptors (Lipinski definition) is 3. The van der Waals surface area contributed by atoms with Crippen molar-refractivity contribution in [1.29, 1.82) is 0 Å². The average molecular weight is 338 g/mol. The van der Waals surface area contributed by atoms with E-state index < -0.39 is 0 Å². The van der Waals surface area contributed by atoms with Gasteiger partial charge in [-0.3, -0.25) is 4.79 Å². The second-order valence-electron chi connectivity index (χ2n) is 5.90. The van der Waals surface area contributed by atoms with Gasteiger partial charge in [-0.2, -0.15) is 0 Å². The predicted octanol–water partition coefficient (Wildman–Crippen LogP) is 3.20. The Kier molecular flexibility index (Phi) is 3.71. The van der Waals surface area contributed by atoms with Crippen LogP contribution in [0.3, 0.4) is 0 Å². The zero-order valence-corrected chi connectivity index (χ0v) is 13.3. The highest BCUT2D eigenvalue weighted by molar-refractivity contribution is 9.10. The van der Waals surface area contributed by atoms with E-state index in [1.807, 2.05) is 13.0 Å². The van der Waals surface area contributed by atoms with Crippen molar-refractivity contribution in [3.8, 4) is 0 Å². The molecule has 0 aliphatic heterocycles. The van der Waals surface area contributed by atoms with Crippen molar-refractivity contribution in [2.24, 2.45) is 11.3 Å². The van der Waals surface area contributed by atoms with E-state index in [4.69, 9.17) is 0 Å². The maximum Gasteiger partial charge on any atom is 0.255 e. The molecular formula is C15H20BrN3O. The van der Waals surface area contributed by atoms with Gasteiger partial charge in [-0.25, -0.2) is 4.98 Å². The smallest absolute Gasteiger partial charge is 0.255 e. The van der Waals surface area contributed by atoms with Crippen LogP contribution in [-0.4, -0.2) is 24.0 Å². The van der Waals surface area contributed by atoms with Crippen molar-refractivity contribution in [2.75, 3.05) is 18.4 Å². The fourth-order valence-corrected chi connectivity index (χ4v) is 3.19. The fraction of sp³-hybridized carbons (Fsp3) is 0.600. The van der Waals surface area contributed by atoms with Gasteiger partial charge in [-0.15, -0.1) is 0 Å². The normalized spacial score (nSPS) is 19.5. The van der Waals surface area contributed by atoms with Crippen LogP contribution in [0.5, 0.6) is 0 Å². The lowest BCUT2D eigenvalue weighted by atomic mass is 10.0. The van der Waals surface area contributed by atoms with Gasteiger partial charge in [-0.1, -0.05) is 0 Å². The van der Waals surface area contributed by atoms with E-state index in [0.717, 1.165) is 23.5 Å². The lowest BCUT2D eigenvalue weighted by Gasteiger charge is -2.16. The molecule has 5 heteroatoms. The molecule has 0 aromatic carbocycles. The van der Waals surface area contributed by atoms with Crippen LogP contribution >= 0.6 is 15.9 Å². The minimum Gasteiger partial charge on any atom is -0.370 e. The van der Waals surface area contributed by atoms with Gasteiger partial charge < -0.3 is 10.6 Å². The van der Waals surface area contributed by atoms with Gasteiger partial charge in [0.15, 0.2) is 0 Å². The molecule has 2 aliphatic rings. The molecular weight excluding hydrogens is 318 g/mol. The first-order chi connectivity index (χ1) is 9.64. The minimum absolute atomic E-state index is 0.0262. The van der Waals surface area contributed by atoms with Gasteiger partial charge in [0, 0.05) is 23.8 Å². The van der Waals surface area contributed by atoms with Crippen molar-refractivity contribution in [3.05, 3.63) is 22.3 Å². The van der Waals surface area contributed by atoms with Gasteiger partial charge >= 0.3 is 0 Å².